The number of benzene rings is 2. The Morgan fingerprint density at radius 3 is 2.51 bits per heavy atom. The third kappa shape index (κ3) is 4.54. The predicted molar refractivity (Wildman–Crippen MR) is 196 cm³/mol. The summed E-state index contributed by atoms with van der Waals surface area (Å²) in [6.07, 6.45) is 3.94. The van der Waals surface area contributed by atoms with Gasteiger partial charge in [0, 0.05) is 75.8 Å². The van der Waals surface area contributed by atoms with Gasteiger partial charge >= 0.3 is 11.9 Å². The molecule has 5 saturated carbocycles. The predicted octanol–water partition coefficient (Wildman–Crippen LogP) is 4.97. The fraction of sp³-hybridized carbons (Fsp3) is 0.619. The molecule has 12 atom stereocenters. The first kappa shape index (κ1) is 35.1. The first-order chi connectivity index (χ1) is 25.6. The number of aromatic nitrogens is 2. The van der Waals surface area contributed by atoms with Crippen molar-refractivity contribution in [3.63, 3.8) is 0 Å². The van der Waals surface area contributed by atoms with Crippen LogP contribution in [0.3, 0.4) is 0 Å². The van der Waals surface area contributed by atoms with E-state index in [0.29, 0.717) is 28.0 Å². The number of likely N-dealkylation sites (tertiary alicyclic amines) is 1. The van der Waals surface area contributed by atoms with Crippen molar-refractivity contribution in [3.8, 4) is 5.69 Å². The molecule has 2 aromatic carbocycles. The summed E-state index contributed by atoms with van der Waals surface area (Å²) in [7, 11) is 5.48. The summed E-state index contributed by atoms with van der Waals surface area (Å²) < 4.78 is 33.9. The number of rotatable bonds is 9. The molecule has 1 saturated heterocycles. The van der Waals surface area contributed by atoms with Gasteiger partial charge in [-0.25, -0.2) is 9.78 Å². The first-order valence-corrected chi connectivity index (χ1v) is 19.4. The van der Waals surface area contributed by atoms with Gasteiger partial charge in [-0.3, -0.25) is 19.1 Å². The highest BCUT2D eigenvalue weighted by Crippen LogP contribution is 2.79. The van der Waals surface area contributed by atoms with Crippen LogP contribution in [-0.4, -0.2) is 97.4 Å². The van der Waals surface area contributed by atoms with Crippen molar-refractivity contribution in [2.24, 2.45) is 40.4 Å². The Kier molecular flexibility index (Phi) is 8.24. The smallest absolute Gasteiger partial charge is 0.340 e. The molecule has 2 heterocycles. The minimum absolute atomic E-state index is 0.00911. The summed E-state index contributed by atoms with van der Waals surface area (Å²) in [5.74, 6) is 0.435. The molecule has 7 bridgehead atoms. The molecule has 53 heavy (non-hydrogen) atoms. The Morgan fingerprint density at radius 1 is 1.00 bits per heavy atom. The quantitative estimate of drug-likeness (QED) is 0.280. The van der Waals surface area contributed by atoms with Gasteiger partial charge < -0.3 is 23.7 Å². The fourth-order valence-corrected chi connectivity index (χ4v) is 13.7. The van der Waals surface area contributed by atoms with Crippen LogP contribution in [0.2, 0.25) is 0 Å². The maximum atomic E-state index is 14.3. The van der Waals surface area contributed by atoms with Gasteiger partial charge in [0.2, 0.25) is 0 Å². The van der Waals surface area contributed by atoms with Gasteiger partial charge in [-0.05, 0) is 75.3 Å². The van der Waals surface area contributed by atoms with E-state index in [0.717, 1.165) is 45.2 Å². The lowest BCUT2D eigenvalue weighted by atomic mass is 9.43. The molecular formula is C42H51N3O8. The van der Waals surface area contributed by atoms with E-state index in [4.69, 9.17) is 28.7 Å². The van der Waals surface area contributed by atoms with E-state index in [9.17, 15) is 14.4 Å². The number of esters is 2. The molecule has 11 heteroatoms. The third-order valence-corrected chi connectivity index (χ3v) is 15.1. The Morgan fingerprint density at radius 2 is 1.77 bits per heavy atom. The second-order valence-corrected chi connectivity index (χ2v) is 16.7. The van der Waals surface area contributed by atoms with Crippen molar-refractivity contribution in [1.29, 1.82) is 0 Å². The van der Waals surface area contributed by atoms with E-state index in [2.05, 4.69) is 11.8 Å². The number of nitrogens with zero attached hydrogens (tertiary/aromatic N) is 3. The van der Waals surface area contributed by atoms with Crippen molar-refractivity contribution < 1.29 is 33.3 Å². The van der Waals surface area contributed by atoms with Gasteiger partial charge in [0.15, 0.2) is 0 Å². The van der Waals surface area contributed by atoms with Crippen LogP contribution in [-0.2, 0) is 28.5 Å². The van der Waals surface area contributed by atoms with Crippen molar-refractivity contribution in [2.75, 3.05) is 41.0 Å². The molecule has 0 radical (unpaired) electrons. The molecule has 1 spiro atoms. The van der Waals surface area contributed by atoms with Crippen LogP contribution in [0.15, 0.2) is 53.3 Å². The minimum atomic E-state index is -0.526. The van der Waals surface area contributed by atoms with Crippen LogP contribution < -0.4 is 5.56 Å². The number of hydrogen-bond donors (Lipinski definition) is 0. The molecule has 6 fully saturated rings. The molecule has 282 valence electrons. The zero-order valence-electron chi connectivity index (χ0n) is 31.6. The van der Waals surface area contributed by atoms with Gasteiger partial charge in [-0.15, -0.1) is 0 Å². The topological polar surface area (TPSA) is 118 Å². The van der Waals surface area contributed by atoms with Gasteiger partial charge in [0.05, 0.1) is 46.6 Å². The molecule has 0 unspecified atom stereocenters. The number of piperidine rings is 1. The Labute approximate surface area is 310 Å². The summed E-state index contributed by atoms with van der Waals surface area (Å²) >= 11 is 0. The van der Waals surface area contributed by atoms with Crippen molar-refractivity contribution >= 4 is 22.8 Å². The van der Waals surface area contributed by atoms with E-state index in [-0.39, 0.29) is 82.9 Å². The van der Waals surface area contributed by atoms with Crippen LogP contribution >= 0.6 is 0 Å². The molecule has 5 aliphatic carbocycles. The zero-order valence-corrected chi connectivity index (χ0v) is 31.6. The Balaban J connectivity index is 1.11. The number of fused-ring (bicyclic) bond motifs is 3. The number of aryl methyl sites for hydroxylation is 1. The number of methoxy groups -OCH3 is 3. The molecule has 11 nitrogen and oxygen atoms in total. The van der Waals surface area contributed by atoms with Crippen molar-refractivity contribution in [3.05, 3.63) is 70.3 Å². The van der Waals surface area contributed by atoms with E-state index in [1.165, 1.54) is 11.5 Å². The van der Waals surface area contributed by atoms with Gasteiger partial charge in [-0.2, -0.15) is 0 Å². The van der Waals surface area contributed by atoms with Crippen molar-refractivity contribution in [2.45, 2.75) is 82.8 Å². The number of para-hydroxylation sites is 2. The number of hydrogen-bond acceptors (Lipinski definition) is 10. The van der Waals surface area contributed by atoms with Crippen molar-refractivity contribution in [1.82, 2.24) is 14.5 Å². The van der Waals surface area contributed by atoms with Crippen LogP contribution in [0.5, 0.6) is 0 Å². The average Bonchev–Trinajstić information content (AvgIpc) is 3.59. The lowest BCUT2D eigenvalue weighted by molar-refractivity contribution is -0.281. The molecule has 9 rings (SSSR count). The van der Waals surface area contributed by atoms with E-state index in [1.807, 2.05) is 44.6 Å². The normalized spacial score (nSPS) is 39.2. The van der Waals surface area contributed by atoms with E-state index >= 15 is 0 Å². The van der Waals surface area contributed by atoms with Gasteiger partial charge in [0.25, 0.3) is 5.56 Å². The largest absolute Gasteiger partial charge is 0.462 e. The Hall–Kier alpha value is -3.64. The monoisotopic (exact) mass is 725 g/mol. The zero-order chi connectivity index (χ0) is 37.0. The lowest BCUT2D eigenvalue weighted by Crippen LogP contribution is -2.76. The number of ether oxygens (including phenoxy) is 5. The summed E-state index contributed by atoms with van der Waals surface area (Å²) in [6, 6.07) is 14.6. The highest BCUT2D eigenvalue weighted by atomic mass is 16.6. The van der Waals surface area contributed by atoms with Gasteiger partial charge in [0.1, 0.15) is 11.9 Å². The van der Waals surface area contributed by atoms with E-state index < -0.39 is 11.6 Å². The van der Waals surface area contributed by atoms with Gasteiger partial charge in [-0.1, -0.05) is 31.2 Å². The summed E-state index contributed by atoms with van der Waals surface area (Å²) in [4.78, 5) is 48.2. The van der Waals surface area contributed by atoms with Crippen LogP contribution in [0.1, 0.15) is 62.1 Å². The maximum Gasteiger partial charge on any atom is 0.340 e. The first-order valence-electron chi connectivity index (χ1n) is 19.4. The second kappa shape index (κ2) is 12.4. The minimum Gasteiger partial charge on any atom is -0.462 e. The standard InChI is InChI=1S/C42H51N3O8/c1-7-44-21-40(22-52-39(48)26-13-9-11-15-31(26)45-23(2)43-30-14-10-8-12-25(30)38(45)47)17-16-34(50-5)42-28-18-27-32(49-4)20-41(51-6,29(37(42)44)19-33(40)42)35(28)36(27)53-24(3)46/h8-15,27-29,32-37H,7,16-22H2,1-6H3/t27-,28-,29+,32+,33-,34+,35-,36+,37-,40+,41+,42-/m1/s1. The fourth-order valence-electron chi connectivity index (χ4n) is 13.7. The second-order valence-electron chi connectivity index (χ2n) is 16.7. The molecule has 3 aromatic rings. The van der Waals surface area contributed by atoms with E-state index in [1.54, 1.807) is 32.2 Å². The SMILES string of the molecule is CCN1C[C@]2(COC(=O)c3ccccc3-n3c(C)nc4ccccc4c3=O)CC[C@H](OC)[C@@]34[C@@H]5C[C@H]6[C@H](OC(C)=O)[C@@H]5[C@](OC)(C[C@@H]6OC)[C@@H](C[C@H]23)[C@@H]14. The Bertz CT molecular complexity index is 2030. The third-order valence-electron chi connectivity index (χ3n) is 15.1. The molecule has 1 aliphatic heterocycles. The molecule has 1 aromatic heterocycles. The summed E-state index contributed by atoms with van der Waals surface area (Å²) in [5, 5.41) is 0.490. The number of carbonyl (C=O) groups is 2. The summed E-state index contributed by atoms with van der Waals surface area (Å²) in [5.41, 5.74) is 0.107. The van der Waals surface area contributed by atoms with Crippen LogP contribution in [0.25, 0.3) is 16.6 Å². The highest BCUT2D eigenvalue weighted by molar-refractivity contribution is 5.93. The summed E-state index contributed by atoms with van der Waals surface area (Å²) in [6.45, 7) is 7.46. The van der Waals surface area contributed by atoms with Crippen LogP contribution in [0.4, 0.5) is 0 Å². The molecule has 6 aliphatic rings. The highest BCUT2D eigenvalue weighted by Gasteiger charge is 2.84. The van der Waals surface area contributed by atoms with Crippen LogP contribution in [0, 0.1) is 47.3 Å². The maximum absolute atomic E-state index is 14.3. The molecule has 0 amide bonds. The number of carbonyl (C=O) groups excluding carboxylic acids is 2. The average molecular weight is 726 g/mol. The molecule has 0 N–H and O–H groups in total. The molecular weight excluding hydrogens is 674 g/mol. The lowest BCUT2D eigenvalue weighted by Gasteiger charge is -2.69.